The molecule has 0 aliphatic heterocycles. The molecule has 0 aromatic heterocycles. The van der Waals surface area contributed by atoms with Crippen LogP contribution >= 0.6 is 11.8 Å². The highest BCUT2D eigenvalue weighted by Crippen LogP contribution is 2.21. The number of unbranched alkanes of at least 4 members (excludes halogenated alkanes) is 2. The van der Waals surface area contributed by atoms with Gasteiger partial charge in [-0.1, -0.05) is 52.3 Å². The van der Waals surface area contributed by atoms with E-state index in [0.29, 0.717) is 10.7 Å². The van der Waals surface area contributed by atoms with E-state index in [1.54, 1.807) is 0 Å². The Labute approximate surface area is 143 Å². The maximum Gasteiger partial charge on any atom is 0.387 e. The van der Waals surface area contributed by atoms with Crippen molar-refractivity contribution in [3.8, 4) is 0 Å². The first-order valence-corrected chi connectivity index (χ1v) is 11.3. The van der Waals surface area contributed by atoms with Gasteiger partial charge in [-0.2, -0.15) is 0 Å². The summed E-state index contributed by atoms with van der Waals surface area (Å²) in [5.41, 5.74) is 0.485. The van der Waals surface area contributed by atoms with Crippen molar-refractivity contribution in [3.63, 3.8) is 0 Å². The molecule has 0 aliphatic rings. The van der Waals surface area contributed by atoms with Gasteiger partial charge in [0.15, 0.2) is 5.12 Å². The minimum absolute atomic E-state index is 0.357. The summed E-state index contributed by atoms with van der Waals surface area (Å²) in [6.07, 6.45) is 8.37. The predicted molar refractivity (Wildman–Crippen MR) is 98.5 cm³/mol. The molecule has 0 aromatic carbocycles. The monoisotopic (exact) mass is 347 g/mol. The Morgan fingerprint density at radius 1 is 1.00 bits per heavy atom. The summed E-state index contributed by atoms with van der Waals surface area (Å²) in [6.45, 7) is 10.3. The molecule has 0 fully saturated rings. The van der Waals surface area contributed by atoms with Crippen LogP contribution in [0.2, 0.25) is 5.54 Å². The average Bonchev–Trinajstić information content (AvgIpc) is 2.51. The van der Waals surface area contributed by atoms with E-state index >= 15 is 0 Å². The van der Waals surface area contributed by atoms with Crippen LogP contribution in [0.1, 0.15) is 79.1 Å². The van der Waals surface area contributed by atoms with Crippen molar-refractivity contribution < 1.29 is 13.6 Å². The van der Waals surface area contributed by atoms with Gasteiger partial charge in [-0.25, -0.2) is 0 Å². The van der Waals surface area contributed by atoms with E-state index in [1.807, 2.05) is 0 Å². The molecule has 0 heterocycles. The van der Waals surface area contributed by atoms with Crippen molar-refractivity contribution in [1.29, 1.82) is 0 Å². The Morgan fingerprint density at radius 2 is 1.64 bits per heavy atom. The Hall–Kier alpha value is 0.157. The maximum atomic E-state index is 11.7. The summed E-state index contributed by atoms with van der Waals surface area (Å²) in [7, 11) is -1.16. The van der Waals surface area contributed by atoms with Crippen LogP contribution in [0, 0.1) is 0 Å². The lowest BCUT2D eigenvalue weighted by Crippen LogP contribution is -2.28. The third kappa shape index (κ3) is 12.7. The quantitative estimate of drug-likeness (QED) is 0.296. The standard InChI is InChI=1S/C17H35O3SSi/c1-5-8-9-12-17(18)21-15-10-11-16(4)22(19-13-6-2)20-14-7-3/h16H,5-15H2,1-4H3. The molecule has 0 aliphatic carbocycles. The molecular formula is C17H35O3SSi. The van der Waals surface area contributed by atoms with Gasteiger partial charge < -0.3 is 8.85 Å². The Bertz CT molecular complexity index is 256. The molecule has 0 saturated heterocycles. The molecule has 0 rings (SSSR count). The number of hydrogen-bond acceptors (Lipinski definition) is 4. The summed E-state index contributed by atoms with van der Waals surface area (Å²) in [6, 6.07) is 0. The summed E-state index contributed by atoms with van der Waals surface area (Å²) < 4.78 is 11.8. The Morgan fingerprint density at radius 3 is 2.18 bits per heavy atom. The van der Waals surface area contributed by atoms with Crippen LogP contribution < -0.4 is 0 Å². The second-order valence-electron chi connectivity index (χ2n) is 5.74. The zero-order valence-electron chi connectivity index (χ0n) is 15.0. The van der Waals surface area contributed by atoms with Crippen molar-refractivity contribution >= 4 is 26.2 Å². The highest BCUT2D eigenvalue weighted by molar-refractivity contribution is 8.13. The molecule has 1 atom stereocenters. The molecular weight excluding hydrogens is 312 g/mol. The fraction of sp³-hybridized carbons (Fsp3) is 0.941. The van der Waals surface area contributed by atoms with Crippen molar-refractivity contribution in [2.45, 2.75) is 84.6 Å². The van der Waals surface area contributed by atoms with E-state index < -0.39 is 9.28 Å². The molecule has 0 amide bonds. The van der Waals surface area contributed by atoms with E-state index in [0.717, 1.165) is 57.5 Å². The smallest absolute Gasteiger partial charge is 0.387 e. The number of hydrogen-bond donors (Lipinski definition) is 0. The molecule has 0 spiro atoms. The zero-order valence-corrected chi connectivity index (χ0v) is 16.8. The second-order valence-corrected chi connectivity index (χ2v) is 9.09. The number of carbonyl (C=O) groups is 1. The highest BCUT2D eigenvalue weighted by Gasteiger charge is 2.23. The number of thioether (sulfide) groups is 1. The van der Waals surface area contributed by atoms with Crippen molar-refractivity contribution in [1.82, 2.24) is 0 Å². The lowest BCUT2D eigenvalue weighted by atomic mass is 10.2. The lowest BCUT2D eigenvalue weighted by molar-refractivity contribution is -0.111. The summed E-state index contributed by atoms with van der Waals surface area (Å²) >= 11 is 1.51. The summed E-state index contributed by atoms with van der Waals surface area (Å²) in [5.74, 6) is 0.937. The van der Waals surface area contributed by atoms with Gasteiger partial charge in [0.25, 0.3) is 0 Å². The Kier molecular flexibility index (Phi) is 16.1. The molecule has 22 heavy (non-hydrogen) atoms. The molecule has 3 nitrogen and oxygen atoms in total. The fourth-order valence-corrected chi connectivity index (χ4v) is 4.75. The van der Waals surface area contributed by atoms with Crippen LogP contribution in [0.15, 0.2) is 0 Å². The first kappa shape index (κ1) is 22.2. The van der Waals surface area contributed by atoms with E-state index in [1.165, 1.54) is 24.6 Å². The topological polar surface area (TPSA) is 35.5 Å². The largest absolute Gasteiger partial charge is 0.393 e. The third-order valence-corrected chi connectivity index (χ3v) is 6.42. The van der Waals surface area contributed by atoms with Crippen LogP contribution in [-0.2, 0) is 13.6 Å². The lowest BCUT2D eigenvalue weighted by Gasteiger charge is -2.20. The fourth-order valence-electron chi connectivity index (χ4n) is 2.02. The molecule has 131 valence electrons. The van der Waals surface area contributed by atoms with Gasteiger partial charge in [0.2, 0.25) is 0 Å². The minimum atomic E-state index is -1.16. The minimum Gasteiger partial charge on any atom is -0.393 e. The van der Waals surface area contributed by atoms with Gasteiger partial charge in [0.1, 0.15) is 0 Å². The maximum absolute atomic E-state index is 11.7. The van der Waals surface area contributed by atoms with Gasteiger partial charge >= 0.3 is 9.28 Å². The molecule has 1 unspecified atom stereocenters. The molecule has 1 radical (unpaired) electrons. The van der Waals surface area contributed by atoms with Crippen LogP contribution in [0.5, 0.6) is 0 Å². The van der Waals surface area contributed by atoms with Crippen LogP contribution in [0.3, 0.4) is 0 Å². The Balaban J connectivity index is 3.81. The van der Waals surface area contributed by atoms with Gasteiger partial charge in [-0.05, 0) is 32.1 Å². The van der Waals surface area contributed by atoms with Gasteiger partial charge in [-0.15, -0.1) is 0 Å². The van der Waals surface area contributed by atoms with Crippen molar-refractivity contribution in [3.05, 3.63) is 0 Å². The summed E-state index contributed by atoms with van der Waals surface area (Å²) in [5, 5.41) is 0.357. The van der Waals surface area contributed by atoms with Gasteiger partial charge in [0.05, 0.1) is 0 Å². The summed E-state index contributed by atoms with van der Waals surface area (Å²) in [4.78, 5) is 11.7. The van der Waals surface area contributed by atoms with E-state index in [-0.39, 0.29) is 0 Å². The third-order valence-electron chi connectivity index (χ3n) is 3.33. The van der Waals surface area contributed by atoms with Gasteiger partial charge in [0, 0.05) is 30.9 Å². The van der Waals surface area contributed by atoms with Crippen molar-refractivity contribution in [2.75, 3.05) is 19.0 Å². The molecule has 0 saturated carbocycles. The number of carbonyl (C=O) groups excluding carboxylic acids is 1. The second kappa shape index (κ2) is 16.0. The predicted octanol–water partition coefficient (Wildman–Crippen LogP) is 5.34. The first-order valence-electron chi connectivity index (χ1n) is 8.93. The molecule has 0 bridgehead atoms. The van der Waals surface area contributed by atoms with Crippen LogP contribution in [0.4, 0.5) is 0 Å². The van der Waals surface area contributed by atoms with Crippen LogP contribution in [-0.4, -0.2) is 33.4 Å². The molecule has 0 aromatic rings. The van der Waals surface area contributed by atoms with Crippen LogP contribution in [0.25, 0.3) is 0 Å². The average molecular weight is 348 g/mol. The zero-order chi connectivity index (χ0) is 16.6. The van der Waals surface area contributed by atoms with Gasteiger partial charge in [-0.3, -0.25) is 4.79 Å². The normalized spacial score (nSPS) is 12.8. The van der Waals surface area contributed by atoms with E-state index in [2.05, 4.69) is 27.7 Å². The van der Waals surface area contributed by atoms with E-state index in [9.17, 15) is 4.79 Å². The van der Waals surface area contributed by atoms with E-state index in [4.69, 9.17) is 8.85 Å². The number of rotatable bonds is 15. The first-order chi connectivity index (χ1) is 10.7. The molecule has 0 N–H and O–H groups in total. The van der Waals surface area contributed by atoms with Crippen molar-refractivity contribution in [2.24, 2.45) is 0 Å². The molecule has 5 heteroatoms. The SMILES string of the molecule is CCCCCC(=O)SCCCC(C)[Si](OCCC)OCCC. The highest BCUT2D eigenvalue weighted by atomic mass is 32.2.